The lowest BCUT2D eigenvalue weighted by Gasteiger charge is -2.23. The minimum Gasteiger partial charge on any atom is -0.435 e. The molecule has 0 saturated carbocycles. The van der Waals surface area contributed by atoms with Crippen molar-refractivity contribution in [1.29, 1.82) is 0 Å². The highest BCUT2D eigenvalue weighted by Gasteiger charge is 2.25. The molecule has 0 radical (unpaired) electrons. The van der Waals surface area contributed by atoms with Gasteiger partial charge in [0.2, 0.25) is 0 Å². The van der Waals surface area contributed by atoms with Crippen molar-refractivity contribution >= 4 is 36.0 Å². The number of aliphatic hydroxyl groups excluding tert-OH is 1. The Bertz CT molecular complexity index is 1500. The van der Waals surface area contributed by atoms with Crippen LogP contribution in [0.15, 0.2) is 30.6 Å². The molecular weight excluding hydrogens is 526 g/mol. The van der Waals surface area contributed by atoms with Crippen molar-refractivity contribution in [2.45, 2.75) is 58.4 Å². The molecule has 0 aliphatic carbocycles. The summed E-state index contributed by atoms with van der Waals surface area (Å²) in [5.74, 6) is -0.432. The second kappa shape index (κ2) is 11.0. The van der Waals surface area contributed by atoms with Crippen LogP contribution >= 0.6 is 0 Å². The number of fused-ring (bicyclic) bond motifs is 2. The van der Waals surface area contributed by atoms with E-state index in [9.17, 15) is 18.7 Å². The number of carbonyl (C=O) groups excluding carboxylic acids is 1. The van der Waals surface area contributed by atoms with Crippen LogP contribution in [0.1, 0.15) is 24.2 Å². The number of hydrogen-bond donors (Lipinski definition) is 2. The maximum atomic E-state index is 13.3. The van der Waals surface area contributed by atoms with E-state index in [4.69, 9.17) is 9.72 Å². The molecule has 39 heavy (non-hydrogen) atoms. The smallest absolute Gasteiger partial charge is 0.387 e. The number of amides is 1. The zero-order chi connectivity index (χ0) is 28.5. The fourth-order valence-corrected chi connectivity index (χ4v) is 4.75. The molecule has 0 saturated heterocycles. The number of benzene rings is 1. The number of aliphatic hydroxyl groups is 1. The molecule has 0 atom stereocenters. The van der Waals surface area contributed by atoms with E-state index in [1.807, 2.05) is 0 Å². The van der Waals surface area contributed by atoms with E-state index in [2.05, 4.69) is 39.8 Å². The van der Waals surface area contributed by atoms with Crippen molar-refractivity contribution in [2.24, 2.45) is 7.05 Å². The van der Waals surface area contributed by atoms with E-state index in [1.54, 1.807) is 42.4 Å². The van der Waals surface area contributed by atoms with E-state index in [0.29, 0.717) is 40.1 Å². The summed E-state index contributed by atoms with van der Waals surface area (Å²) in [4.78, 5) is 22.6. The van der Waals surface area contributed by atoms with Crippen molar-refractivity contribution in [3.8, 4) is 17.1 Å². The van der Waals surface area contributed by atoms with Gasteiger partial charge in [0.1, 0.15) is 29.4 Å². The first-order valence-electron chi connectivity index (χ1n) is 12.6. The summed E-state index contributed by atoms with van der Waals surface area (Å²) >= 11 is 0. The van der Waals surface area contributed by atoms with Crippen LogP contribution in [0.25, 0.3) is 33.5 Å². The molecule has 13 heteroatoms. The number of nitrogens with zero attached hydrogens (tertiary/aromatic N) is 5. The van der Waals surface area contributed by atoms with E-state index < -0.39 is 26.1 Å². The van der Waals surface area contributed by atoms with E-state index in [0.717, 1.165) is 6.04 Å². The Hall–Kier alpha value is -3.42. The molecule has 3 aromatic heterocycles. The van der Waals surface area contributed by atoms with Gasteiger partial charge in [-0.25, -0.2) is 9.97 Å². The molecule has 0 aliphatic heterocycles. The molecule has 0 unspecified atom stereocenters. The average molecular weight is 561 g/mol. The van der Waals surface area contributed by atoms with Gasteiger partial charge in [-0.2, -0.15) is 13.9 Å². The summed E-state index contributed by atoms with van der Waals surface area (Å²) in [6, 6.07) is 5.55. The maximum absolute atomic E-state index is 13.3. The molecule has 0 aliphatic rings. The van der Waals surface area contributed by atoms with Crippen LogP contribution < -0.4 is 10.1 Å². The molecular formula is C26H34F2N6O4Si. The predicted octanol–water partition coefficient (Wildman–Crippen LogP) is 4.40. The first-order valence-corrected chi connectivity index (χ1v) is 16.3. The second-order valence-corrected chi connectivity index (χ2v) is 16.9. The minimum atomic E-state index is -2.96. The quantitative estimate of drug-likeness (QED) is 0.206. The third-order valence-electron chi connectivity index (χ3n) is 6.17. The topological polar surface area (TPSA) is 116 Å². The fraction of sp³-hybridized carbons (Fsp3) is 0.462. The van der Waals surface area contributed by atoms with Crippen molar-refractivity contribution in [1.82, 2.24) is 29.6 Å². The van der Waals surface area contributed by atoms with Crippen LogP contribution in [-0.4, -0.2) is 68.8 Å². The Balaban J connectivity index is 1.77. The largest absolute Gasteiger partial charge is 0.435 e. The lowest BCUT2D eigenvalue weighted by Crippen LogP contribution is -2.46. The molecule has 10 nitrogen and oxygen atoms in total. The summed E-state index contributed by atoms with van der Waals surface area (Å²) in [5.41, 5.74) is 1.62. The molecule has 3 heterocycles. The number of alkyl halides is 2. The monoisotopic (exact) mass is 560 g/mol. The fourth-order valence-electron chi connectivity index (χ4n) is 4.00. The molecule has 1 aromatic carbocycles. The average Bonchev–Trinajstić information content (AvgIpc) is 3.37. The highest BCUT2D eigenvalue weighted by Crippen LogP contribution is 2.31. The van der Waals surface area contributed by atoms with Gasteiger partial charge in [-0.15, -0.1) is 0 Å². The number of aryl methyl sites for hydroxylation is 1. The van der Waals surface area contributed by atoms with Crippen LogP contribution in [0.4, 0.5) is 8.78 Å². The predicted molar refractivity (Wildman–Crippen MR) is 147 cm³/mol. The van der Waals surface area contributed by atoms with Gasteiger partial charge in [0.05, 0.1) is 29.4 Å². The molecule has 0 spiro atoms. The van der Waals surface area contributed by atoms with E-state index in [1.165, 1.54) is 18.3 Å². The molecule has 210 valence electrons. The van der Waals surface area contributed by atoms with Crippen molar-refractivity contribution in [3.05, 3.63) is 36.2 Å². The highest BCUT2D eigenvalue weighted by molar-refractivity contribution is 6.76. The van der Waals surface area contributed by atoms with Crippen molar-refractivity contribution in [2.75, 3.05) is 13.2 Å². The summed E-state index contributed by atoms with van der Waals surface area (Å²) in [6.45, 7) is 7.78. The second-order valence-electron chi connectivity index (χ2n) is 11.3. The van der Waals surface area contributed by atoms with Gasteiger partial charge in [0.25, 0.3) is 5.91 Å². The van der Waals surface area contributed by atoms with Crippen molar-refractivity contribution in [3.63, 3.8) is 0 Å². The third-order valence-corrected chi connectivity index (χ3v) is 7.88. The van der Waals surface area contributed by atoms with Gasteiger partial charge in [-0.1, -0.05) is 19.6 Å². The number of ether oxygens (including phenoxy) is 2. The standard InChI is InChI=1S/C26H34F2N6O4Si/c1-26(2,14-35)31-24(36)18-13-34(15-37-9-10-39(4,5)6)23-22(18)30-19(12-29-23)21-17-11-16(38-25(27)28)7-8-20(17)33(3)32-21/h7-8,11-13,25,35H,9-10,14-15H2,1-6H3,(H,31,36). The Morgan fingerprint density at radius 1 is 1.26 bits per heavy atom. The Morgan fingerprint density at radius 3 is 2.67 bits per heavy atom. The molecule has 4 aromatic rings. The lowest BCUT2D eigenvalue weighted by molar-refractivity contribution is -0.0497. The molecule has 2 N–H and O–H groups in total. The number of halogens is 2. The van der Waals surface area contributed by atoms with Crippen LogP contribution in [0, 0.1) is 0 Å². The normalized spacial score (nSPS) is 12.6. The number of hydrogen-bond acceptors (Lipinski definition) is 7. The molecule has 4 rings (SSSR count). The van der Waals surface area contributed by atoms with Gasteiger partial charge in [0, 0.05) is 33.3 Å². The number of rotatable bonds is 11. The summed E-state index contributed by atoms with van der Waals surface area (Å²) in [7, 11) is 0.451. The SMILES string of the molecule is Cn1nc(-c2cnc3c(n2)c(C(=O)NC(C)(C)CO)cn3COCC[Si](C)(C)C)c2cc(OC(F)F)ccc21. The Labute approximate surface area is 226 Å². The van der Waals surface area contributed by atoms with Crippen LogP contribution in [0.3, 0.4) is 0 Å². The zero-order valence-electron chi connectivity index (χ0n) is 23.0. The number of aromatic nitrogens is 5. The zero-order valence-corrected chi connectivity index (χ0v) is 24.0. The Kier molecular flexibility index (Phi) is 8.05. The number of nitrogens with one attached hydrogen (secondary N) is 1. The summed E-state index contributed by atoms with van der Waals surface area (Å²) < 4.78 is 39.5. The lowest BCUT2D eigenvalue weighted by atomic mass is 10.1. The molecule has 0 bridgehead atoms. The maximum Gasteiger partial charge on any atom is 0.387 e. The highest BCUT2D eigenvalue weighted by atomic mass is 28.3. The first kappa shape index (κ1) is 28.6. The summed E-state index contributed by atoms with van der Waals surface area (Å²) in [6.07, 6.45) is 3.17. The van der Waals surface area contributed by atoms with Gasteiger partial charge in [-0.3, -0.25) is 9.48 Å². The third kappa shape index (κ3) is 6.60. The van der Waals surface area contributed by atoms with Gasteiger partial charge < -0.3 is 24.5 Å². The molecule has 0 fully saturated rings. The molecule has 1 amide bonds. The van der Waals surface area contributed by atoms with Crippen LogP contribution in [0.2, 0.25) is 25.7 Å². The first-order chi connectivity index (χ1) is 18.3. The van der Waals surface area contributed by atoms with Gasteiger partial charge in [-0.05, 0) is 38.1 Å². The van der Waals surface area contributed by atoms with Gasteiger partial charge >= 0.3 is 6.61 Å². The van der Waals surface area contributed by atoms with Crippen LogP contribution in [-0.2, 0) is 18.5 Å². The minimum absolute atomic E-state index is 0.00583. The van der Waals surface area contributed by atoms with E-state index in [-0.39, 0.29) is 24.7 Å². The van der Waals surface area contributed by atoms with Crippen molar-refractivity contribution < 1.29 is 28.2 Å². The summed E-state index contributed by atoms with van der Waals surface area (Å²) in [5, 5.41) is 17.6. The Morgan fingerprint density at radius 2 is 2.00 bits per heavy atom. The number of carbonyl (C=O) groups is 1. The van der Waals surface area contributed by atoms with E-state index >= 15 is 0 Å². The van der Waals surface area contributed by atoms with Gasteiger partial charge in [0.15, 0.2) is 5.65 Å². The van der Waals surface area contributed by atoms with Crippen LogP contribution in [0.5, 0.6) is 5.75 Å².